The van der Waals surface area contributed by atoms with Crippen molar-refractivity contribution < 1.29 is 23.1 Å². The number of H-pyrrole nitrogens is 1. The zero-order chi connectivity index (χ0) is 32.1. The molecule has 47 heavy (non-hydrogen) atoms. The Morgan fingerprint density at radius 1 is 0.979 bits per heavy atom. The van der Waals surface area contributed by atoms with Gasteiger partial charge in [-0.05, 0) is 85.5 Å². The van der Waals surface area contributed by atoms with Crippen LogP contribution in [-0.4, -0.2) is 59.8 Å². The van der Waals surface area contributed by atoms with Gasteiger partial charge in [-0.25, -0.2) is 13.8 Å². The first-order valence-corrected chi connectivity index (χ1v) is 16.3. The van der Waals surface area contributed by atoms with Crippen molar-refractivity contribution in [2.75, 3.05) is 48.0 Å². The third-order valence-electron chi connectivity index (χ3n) is 9.29. The van der Waals surface area contributed by atoms with Crippen LogP contribution in [0.25, 0.3) is 21.0 Å². The molecule has 3 aromatic heterocycles. The van der Waals surface area contributed by atoms with Gasteiger partial charge in [0.1, 0.15) is 17.5 Å². The van der Waals surface area contributed by atoms with Gasteiger partial charge in [0.15, 0.2) is 0 Å². The summed E-state index contributed by atoms with van der Waals surface area (Å²) in [5, 5.41) is 9.88. The first-order chi connectivity index (χ1) is 22.9. The Morgan fingerprint density at radius 2 is 1.79 bits per heavy atom. The highest BCUT2D eigenvalue weighted by molar-refractivity contribution is 7.19. The van der Waals surface area contributed by atoms with Crippen molar-refractivity contribution in [3.63, 3.8) is 0 Å². The van der Waals surface area contributed by atoms with Crippen molar-refractivity contribution in [1.29, 1.82) is 0 Å². The molecule has 2 fully saturated rings. The molecule has 0 aliphatic carbocycles. The minimum absolute atomic E-state index is 0.151. The molecule has 8 rings (SSSR count). The van der Waals surface area contributed by atoms with Gasteiger partial charge in [0.2, 0.25) is 0 Å². The van der Waals surface area contributed by atoms with Crippen molar-refractivity contribution in [2.24, 2.45) is 5.41 Å². The fourth-order valence-corrected chi connectivity index (χ4v) is 8.01. The maximum Gasteiger partial charge on any atom is 0.259 e. The Kier molecular flexibility index (Phi) is 7.33. The zero-order valence-electron chi connectivity index (χ0n) is 25.3. The molecule has 0 bridgehead atoms. The molecule has 0 saturated carbocycles. The van der Waals surface area contributed by atoms with E-state index in [1.54, 1.807) is 52.8 Å². The minimum atomic E-state index is -0.595. The van der Waals surface area contributed by atoms with E-state index in [0.29, 0.717) is 35.7 Å². The van der Waals surface area contributed by atoms with E-state index in [4.69, 9.17) is 4.74 Å². The van der Waals surface area contributed by atoms with E-state index in [0.717, 1.165) is 71.9 Å². The van der Waals surface area contributed by atoms with E-state index in [2.05, 4.69) is 26.6 Å². The lowest BCUT2D eigenvalue weighted by molar-refractivity contribution is -0.000515. The number of thiophene rings is 1. The number of aromatic nitrogens is 3. The summed E-state index contributed by atoms with van der Waals surface area (Å²) in [6.45, 7) is 3.30. The standard InChI is InChI=1S/C35H30F2N6O3S/c36-23-3-6-26-29(17-23)43(12-8-22-15-30(47-31(22)26)28-7-11-39-41-28)34(45)21-1-4-25(5-2-21)40-33(44)27-16-24(37)18-38-32(27)42-19-35(20-42)9-13-46-14-10-35/h1-7,11,15-18H,8-10,12-14,19-20H2,(H,39,41)(H,40,44). The molecule has 2 N–H and O–H groups in total. The van der Waals surface area contributed by atoms with Gasteiger partial charge in [-0.2, -0.15) is 5.10 Å². The van der Waals surface area contributed by atoms with Gasteiger partial charge in [0, 0.05) is 66.2 Å². The van der Waals surface area contributed by atoms with E-state index < -0.39 is 17.5 Å². The highest BCUT2D eigenvalue weighted by atomic mass is 32.1. The summed E-state index contributed by atoms with van der Waals surface area (Å²) in [5.41, 5.74) is 4.41. The lowest BCUT2D eigenvalue weighted by Gasteiger charge is -2.53. The first kappa shape index (κ1) is 29.5. The predicted octanol–water partition coefficient (Wildman–Crippen LogP) is 6.55. The quantitative estimate of drug-likeness (QED) is 0.223. The first-order valence-electron chi connectivity index (χ1n) is 15.5. The highest BCUT2D eigenvalue weighted by Crippen LogP contribution is 2.45. The minimum Gasteiger partial charge on any atom is -0.381 e. The smallest absolute Gasteiger partial charge is 0.259 e. The van der Waals surface area contributed by atoms with E-state index in [1.165, 1.54) is 18.2 Å². The average molecular weight is 653 g/mol. The monoisotopic (exact) mass is 652 g/mol. The Hall–Kier alpha value is -4.94. The Bertz CT molecular complexity index is 1980. The van der Waals surface area contributed by atoms with Crippen molar-refractivity contribution in [1.82, 2.24) is 15.2 Å². The van der Waals surface area contributed by atoms with E-state index >= 15 is 0 Å². The lowest BCUT2D eigenvalue weighted by atomic mass is 9.73. The molecule has 2 amide bonds. The number of halogens is 2. The topological polar surface area (TPSA) is 103 Å². The molecule has 5 aromatic rings. The Morgan fingerprint density at radius 3 is 2.55 bits per heavy atom. The van der Waals surface area contributed by atoms with E-state index in [9.17, 15) is 18.4 Å². The van der Waals surface area contributed by atoms with Crippen molar-refractivity contribution >= 4 is 40.3 Å². The van der Waals surface area contributed by atoms with Gasteiger partial charge in [-0.3, -0.25) is 14.7 Å². The zero-order valence-corrected chi connectivity index (χ0v) is 26.1. The molecule has 12 heteroatoms. The second-order valence-corrected chi connectivity index (χ2v) is 13.4. The van der Waals surface area contributed by atoms with Crippen LogP contribution in [0.5, 0.6) is 0 Å². The van der Waals surface area contributed by atoms with Gasteiger partial charge < -0.3 is 19.9 Å². The third-order valence-corrected chi connectivity index (χ3v) is 10.5. The number of nitrogens with zero attached hydrogens (tertiary/aromatic N) is 4. The van der Waals surface area contributed by atoms with Gasteiger partial charge >= 0.3 is 0 Å². The SMILES string of the molecule is O=C(Nc1ccc(C(=O)N2CCc3cc(-c4ccn[nH]4)sc3-c3ccc(F)cc32)cc1)c1cc(F)cnc1N1CC2(CCOCC2)C1. The van der Waals surface area contributed by atoms with Gasteiger partial charge in [-0.1, -0.05) is 0 Å². The van der Waals surface area contributed by atoms with Crippen LogP contribution < -0.4 is 15.1 Å². The number of carbonyl (C=O) groups is 2. The van der Waals surface area contributed by atoms with Crippen molar-refractivity contribution in [3.05, 3.63) is 101 Å². The van der Waals surface area contributed by atoms with Crippen LogP contribution in [0.2, 0.25) is 0 Å². The van der Waals surface area contributed by atoms with Crippen LogP contribution in [0.4, 0.5) is 26.0 Å². The number of benzene rings is 2. The van der Waals surface area contributed by atoms with Gasteiger partial charge in [0.05, 0.1) is 28.0 Å². The largest absolute Gasteiger partial charge is 0.381 e. The van der Waals surface area contributed by atoms with Crippen LogP contribution in [-0.2, 0) is 11.2 Å². The fraction of sp³-hybridized carbons (Fsp3) is 0.257. The number of rotatable bonds is 5. The van der Waals surface area contributed by atoms with Crippen molar-refractivity contribution in [2.45, 2.75) is 19.3 Å². The Labute approximate surface area is 273 Å². The molecule has 2 saturated heterocycles. The third kappa shape index (κ3) is 5.47. The number of pyridine rings is 1. The fourth-order valence-electron chi connectivity index (χ4n) is 6.79. The predicted molar refractivity (Wildman–Crippen MR) is 176 cm³/mol. The summed E-state index contributed by atoms with van der Waals surface area (Å²) in [5.74, 6) is -1.35. The number of hydrogen-bond donors (Lipinski definition) is 2. The Balaban J connectivity index is 1.01. The second kappa shape index (κ2) is 11.7. The van der Waals surface area contributed by atoms with Gasteiger partial charge in [-0.15, -0.1) is 11.3 Å². The average Bonchev–Trinajstić information content (AvgIpc) is 3.73. The number of hydrogen-bond acceptors (Lipinski definition) is 7. The molecule has 9 nitrogen and oxygen atoms in total. The van der Waals surface area contributed by atoms with Crippen LogP contribution in [0.3, 0.4) is 0 Å². The van der Waals surface area contributed by atoms with E-state index in [-0.39, 0.29) is 16.9 Å². The number of fused-ring (bicyclic) bond motifs is 3. The highest BCUT2D eigenvalue weighted by Gasteiger charge is 2.45. The van der Waals surface area contributed by atoms with E-state index in [1.807, 2.05) is 11.0 Å². The molecule has 0 atom stereocenters. The molecule has 2 aromatic carbocycles. The summed E-state index contributed by atoms with van der Waals surface area (Å²) in [4.78, 5) is 37.2. The molecular weight excluding hydrogens is 622 g/mol. The summed E-state index contributed by atoms with van der Waals surface area (Å²) in [7, 11) is 0. The van der Waals surface area contributed by atoms with Crippen LogP contribution >= 0.6 is 11.3 Å². The van der Waals surface area contributed by atoms with Crippen LogP contribution in [0, 0.1) is 17.0 Å². The normalized spacial score (nSPS) is 16.6. The number of anilines is 3. The maximum atomic E-state index is 14.6. The van der Waals surface area contributed by atoms with Crippen LogP contribution in [0.15, 0.2) is 73.1 Å². The number of aromatic amines is 1. The molecule has 3 aliphatic rings. The number of amides is 2. The summed E-state index contributed by atoms with van der Waals surface area (Å²) >= 11 is 1.58. The van der Waals surface area contributed by atoms with Crippen molar-refractivity contribution in [3.8, 4) is 21.0 Å². The molecule has 3 aliphatic heterocycles. The molecular formula is C35H30F2N6O3S. The molecule has 238 valence electrons. The maximum absolute atomic E-state index is 14.6. The van der Waals surface area contributed by atoms with Gasteiger partial charge in [0.25, 0.3) is 11.8 Å². The second-order valence-electron chi connectivity index (χ2n) is 12.3. The molecule has 0 radical (unpaired) electrons. The number of ether oxygens (including phenoxy) is 1. The van der Waals surface area contributed by atoms with Crippen LogP contribution in [0.1, 0.15) is 39.1 Å². The summed E-state index contributed by atoms with van der Waals surface area (Å²) in [6.07, 6.45) is 5.33. The summed E-state index contributed by atoms with van der Waals surface area (Å²) < 4.78 is 34.4. The molecule has 0 unspecified atom stereocenters. The molecule has 1 spiro atoms. The number of nitrogens with one attached hydrogen (secondary N) is 2. The lowest BCUT2D eigenvalue weighted by Crippen LogP contribution is -2.59. The number of carbonyl (C=O) groups excluding carboxylic acids is 2. The molecule has 6 heterocycles. The summed E-state index contributed by atoms with van der Waals surface area (Å²) in [6, 6.07) is 16.3.